The monoisotopic (exact) mass is 226 g/mol. The second-order valence-electron chi connectivity index (χ2n) is 3.04. The Labute approximate surface area is 89.5 Å². The maximum Gasteiger partial charge on any atom is 0.372 e. The molecule has 1 rings (SSSR count). The van der Waals surface area contributed by atoms with Crippen LogP contribution in [0, 0.1) is 0 Å². The lowest BCUT2D eigenvalue weighted by molar-refractivity contribution is -0.148. The van der Waals surface area contributed by atoms with Crippen LogP contribution >= 0.6 is 9.47 Å². The predicted molar refractivity (Wildman–Crippen MR) is 57.3 cm³/mol. The molecule has 0 bridgehead atoms. The smallest absolute Gasteiger partial charge is 0.372 e. The van der Waals surface area contributed by atoms with Gasteiger partial charge in [0.25, 0.3) is 0 Å². The second-order valence-corrected chi connectivity index (χ2v) is 3.37. The number of carboxylic acids is 1. The molecule has 0 aliphatic heterocycles. The molecule has 0 saturated carbocycles. The van der Waals surface area contributed by atoms with Gasteiger partial charge in [0.15, 0.2) is 0 Å². The number of aliphatic carboxylic acids is 1. The zero-order valence-corrected chi connectivity index (χ0v) is 9.13. The van der Waals surface area contributed by atoms with E-state index in [1.807, 2.05) is 6.07 Å². The molecular formula is C10H11O4P. The fourth-order valence-electron chi connectivity index (χ4n) is 1.19. The molecule has 0 amide bonds. The summed E-state index contributed by atoms with van der Waals surface area (Å²) in [5.41, 5.74) is 1.59. The molecular weight excluding hydrogens is 215 g/mol. The van der Waals surface area contributed by atoms with Crippen LogP contribution in [-0.4, -0.2) is 16.9 Å². The molecule has 0 aliphatic carbocycles. The lowest BCUT2D eigenvalue weighted by Gasteiger charge is -2.02. The Hall–Kier alpha value is -1.25. The number of Topliss-reactive ketones (excluding diaryl/α,β-unsaturated/α-hetero) is 1. The molecule has 0 fully saturated rings. The van der Waals surface area contributed by atoms with Gasteiger partial charge in [-0.15, -0.1) is 0 Å². The SMILES string of the molecule is O=C(O)C(=O)Cc1cccc(COP)c1. The average Bonchev–Trinajstić information content (AvgIpc) is 2.18. The quantitative estimate of drug-likeness (QED) is 0.605. The highest BCUT2D eigenvalue weighted by Gasteiger charge is 2.11. The first kappa shape index (κ1) is 11.8. The summed E-state index contributed by atoms with van der Waals surface area (Å²) in [7, 11) is 2.13. The number of carbonyl (C=O) groups excluding carboxylic acids is 1. The first-order valence-electron chi connectivity index (χ1n) is 4.29. The van der Waals surface area contributed by atoms with Crippen LogP contribution in [0.15, 0.2) is 24.3 Å². The highest BCUT2D eigenvalue weighted by molar-refractivity contribution is 7.09. The molecule has 15 heavy (non-hydrogen) atoms. The lowest BCUT2D eigenvalue weighted by Crippen LogP contribution is -2.15. The van der Waals surface area contributed by atoms with Crippen LogP contribution in [0.2, 0.25) is 0 Å². The van der Waals surface area contributed by atoms with Crippen molar-refractivity contribution >= 4 is 21.2 Å². The number of benzene rings is 1. The van der Waals surface area contributed by atoms with E-state index in [0.717, 1.165) is 5.56 Å². The van der Waals surface area contributed by atoms with Crippen LogP contribution in [0.1, 0.15) is 11.1 Å². The van der Waals surface area contributed by atoms with Gasteiger partial charge in [0.2, 0.25) is 5.78 Å². The Morgan fingerprint density at radius 2 is 2.00 bits per heavy atom. The maximum absolute atomic E-state index is 10.9. The lowest BCUT2D eigenvalue weighted by atomic mass is 10.1. The highest BCUT2D eigenvalue weighted by atomic mass is 31.0. The minimum absolute atomic E-state index is 0.0833. The molecule has 1 unspecified atom stereocenters. The summed E-state index contributed by atoms with van der Waals surface area (Å²) in [6.45, 7) is 0.416. The molecule has 1 atom stereocenters. The minimum Gasteiger partial charge on any atom is -0.475 e. The van der Waals surface area contributed by atoms with Crippen molar-refractivity contribution < 1.29 is 19.2 Å². The Kier molecular flexibility index (Phi) is 4.40. The van der Waals surface area contributed by atoms with E-state index >= 15 is 0 Å². The molecule has 4 nitrogen and oxygen atoms in total. The molecule has 80 valence electrons. The normalized spacial score (nSPS) is 9.93. The molecule has 1 aromatic rings. The van der Waals surface area contributed by atoms with Crippen molar-refractivity contribution in [2.24, 2.45) is 0 Å². The summed E-state index contributed by atoms with van der Waals surface area (Å²) in [5, 5.41) is 8.44. The highest BCUT2D eigenvalue weighted by Crippen LogP contribution is 2.09. The minimum atomic E-state index is -1.40. The van der Waals surface area contributed by atoms with Crippen LogP contribution in [0.5, 0.6) is 0 Å². The van der Waals surface area contributed by atoms with Crippen molar-refractivity contribution in [1.29, 1.82) is 0 Å². The molecule has 0 heterocycles. The van der Waals surface area contributed by atoms with Gasteiger partial charge >= 0.3 is 5.97 Å². The van der Waals surface area contributed by atoms with Crippen LogP contribution in [0.25, 0.3) is 0 Å². The summed E-state index contributed by atoms with van der Waals surface area (Å²) in [6, 6.07) is 7.08. The zero-order valence-electron chi connectivity index (χ0n) is 7.97. The van der Waals surface area contributed by atoms with Gasteiger partial charge in [-0.2, -0.15) is 0 Å². The maximum atomic E-state index is 10.9. The van der Waals surface area contributed by atoms with Crippen molar-refractivity contribution in [3.63, 3.8) is 0 Å². The van der Waals surface area contributed by atoms with Gasteiger partial charge in [-0.3, -0.25) is 4.79 Å². The van der Waals surface area contributed by atoms with Crippen molar-refractivity contribution in [2.75, 3.05) is 0 Å². The average molecular weight is 226 g/mol. The van der Waals surface area contributed by atoms with Gasteiger partial charge in [0, 0.05) is 15.9 Å². The van der Waals surface area contributed by atoms with Gasteiger partial charge in [-0.1, -0.05) is 24.3 Å². The number of carboxylic acid groups (broad SMARTS) is 1. The number of hydrogen-bond donors (Lipinski definition) is 1. The summed E-state index contributed by atoms with van der Waals surface area (Å²) in [4.78, 5) is 21.3. The van der Waals surface area contributed by atoms with Gasteiger partial charge in [0.05, 0.1) is 6.61 Å². The van der Waals surface area contributed by atoms with E-state index in [-0.39, 0.29) is 6.42 Å². The standard InChI is InChI=1S/C10H11O4P/c11-9(10(12)13)5-7-2-1-3-8(4-7)6-14-15/h1-4H,5-6,15H2,(H,12,13). The molecule has 1 aromatic carbocycles. The molecule has 0 aliphatic rings. The van der Waals surface area contributed by atoms with E-state index in [9.17, 15) is 9.59 Å². The largest absolute Gasteiger partial charge is 0.475 e. The van der Waals surface area contributed by atoms with Gasteiger partial charge in [-0.05, 0) is 11.1 Å². The van der Waals surface area contributed by atoms with Crippen LogP contribution in [-0.2, 0) is 27.1 Å². The van der Waals surface area contributed by atoms with E-state index in [2.05, 4.69) is 9.47 Å². The van der Waals surface area contributed by atoms with E-state index in [1.54, 1.807) is 18.2 Å². The van der Waals surface area contributed by atoms with Crippen LogP contribution in [0.3, 0.4) is 0 Å². The fraction of sp³-hybridized carbons (Fsp3) is 0.200. The summed E-state index contributed by atoms with van der Waals surface area (Å²) in [6.07, 6.45) is -0.0833. The molecule has 0 spiro atoms. The third-order valence-electron chi connectivity index (χ3n) is 1.84. The molecule has 0 radical (unpaired) electrons. The summed E-state index contributed by atoms with van der Waals surface area (Å²) < 4.78 is 4.85. The molecule has 0 saturated heterocycles. The van der Waals surface area contributed by atoms with Gasteiger partial charge < -0.3 is 9.63 Å². The number of ketones is 1. The van der Waals surface area contributed by atoms with Crippen molar-refractivity contribution in [3.8, 4) is 0 Å². The second kappa shape index (κ2) is 5.59. The number of rotatable bonds is 5. The molecule has 5 heteroatoms. The molecule has 1 N–H and O–H groups in total. The van der Waals surface area contributed by atoms with Gasteiger partial charge in [-0.25, -0.2) is 4.79 Å². The van der Waals surface area contributed by atoms with E-state index < -0.39 is 11.8 Å². The Morgan fingerprint density at radius 1 is 1.33 bits per heavy atom. The van der Waals surface area contributed by atoms with Crippen LogP contribution < -0.4 is 0 Å². The van der Waals surface area contributed by atoms with E-state index in [0.29, 0.717) is 12.2 Å². The third-order valence-corrected chi connectivity index (χ3v) is 2.01. The zero-order chi connectivity index (χ0) is 11.3. The topological polar surface area (TPSA) is 63.6 Å². The fourth-order valence-corrected chi connectivity index (χ4v) is 1.38. The summed E-state index contributed by atoms with van der Waals surface area (Å²) >= 11 is 0. The Bertz CT molecular complexity index is 375. The van der Waals surface area contributed by atoms with Crippen molar-refractivity contribution in [3.05, 3.63) is 35.4 Å². The Balaban J connectivity index is 2.73. The first-order valence-corrected chi connectivity index (χ1v) is 4.76. The number of carbonyl (C=O) groups is 2. The van der Waals surface area contributed by atoms with Crippen molar-refractivity contribution in [2.45, 2.75) is 13.0 Å². The Morgan fingerprint density at radius 3 is 2.60 bits per heavy atom. The van der Waals surface area contributed by atoms with Gasteiger partial charge in [0.1, 0.15) is 0 Å². The third kappa shape index (κ3) is 3.78. The van der Waals surface area contributed by atoms with Crippen LogP contribution in [0.4, 0.5) is 0 Å². The van der Waals surface area contributed by atoms with E-state index in [1.165, 1.54) is 0 Å². The first-order chi connectivity index (χ1) is 7.13. The number of hydrogen-bond acceptors (Lipinski definition) is 3. The summed E-state index contributed by atoms with van der Waals surface area (Å²) in [5.74, 6) is -2.21. The van der Waals surface area contributed by atoms with Crippen molar-refractivity contribution in [1.82, 2.24) is 0 Å². The predicted octanol–water partition coefficient (Wildman–Crippen LogP) is 1.19. The molecule has 0 aromatic heterocycles. The van der Waals surface area contributed by atoms with E-state index in [4.69, 9.17) is 9.63 Å².